The molecule has 1 N–H and O–H groups in total. The zero-order valence-corrected chi connectivity index (χ0v) is 18.8. The van der Waals surface area contributed by atoms with E-state index < -0.39 is 0 Å². The van der Waals surface area contributed by atoms with Crippen molar-refractivity contribution < 1.29 is 14.3 Å². The van der Waals surface area contributed by atoms with E-state index in [1.54, 1.807) is 30.5 Å². The highest BCUT2D eigenvalue weighted by molar-refractivity contribution is 14.1. The molecule has 0 aliphatic carbocycles. The summed E-state index contributed by atoms with van der Waals surface area (Å²) in [6.45, 7) is 3.20. The number of nitrogens with one attached hydrogen (secondary N) is 1. The molecule has 3 rings (SSSR count). The maximum absolute atomic E-state index is 12.2. The first kappa shape index (κ1) is 21.8. The van der Waals surface area contributed by atoms with Crippen molar-refractivity contribution in [2.24, 2.45) is 5.10 Å². The first-order valence-electron chi connectivity index (χ1n) is 9.67. The van der Waals surface area contributed by atoms with Crippen LogP contribution in [0, 0.1) is 3.57 Å². The van der Waals surface area contributed by atoms with Gasteiger partial charge in [-0.25, -0.2) is 5.43 Å². The quantitative estimate of drug-likeness (QED) is 0.236. The van der Waals surface area contributed by atoms with Gasteiger partial charge in [0, 0.05) is 9.13 Å². The summed E-state index contributed by atoms with van der Waals surface area (Å²) in [5.74, 6) is 1.21. The summed E-state index contributed by atoms with van der Waals surface area (Å²) in [5, 5.41) is 4.05. The van der Waals surface area contributed by atoms with Gasteiger partial charge in [0.25, 0.3) is 5.91 Å². The molecule has 0 saturated heterocycles. The van der Waals surface area contributed by atoms with E-state index in [9.17, 15) is 4.79 Å². The van der Waals surface area contributed by atoms with Crippen LogP contribution in [0.1, 0.15) is 34.8 Å². The molecule has 6 heteroatoms. The molecule has 0 fully saturated rings. The summed E-state index contributed by atoms with van der Waals surface area (Å²) < 4.78 is 12.6. The third-order valence-electron chi connectivity index (χ3n) is 4.15. The summed E-state index contributed by atoms with van der Waals surface area (Å²) in [7, 11) is 0. The number of ether oxygens (including phenoxy) is 2. The van der Waals surface area contributed by atoms with E-state index in [0.29, 0.717) is 18.8 Å². The fourth-order valence-electron chi connectivity index (χ4n) is 2.58. The van der Waals surface area contributed by atoms with E-state index in [1.165, 1.54) is 3.57 Å². The Morgan fingerprint density at radius 1 is 1.00 bits per heavy atom. The number of rotatable bonds is 9. The molecule has 0 bridgehead atoms. The van der Waals surface area contributed by atoms with Crippen molar-refractivity contribution in [3.63, 3.8) is 0 Å². The van der Waals surface area contributed by atoms with Gasteiger partial charge in [0.1, 0.15) is 18.1 Å². The van der Waals surface area contributed by atoms with Crippen LogP contribution in [0.2, 0.25) is 0 Å². The van der Waals surface area contributed by atoms with Crippen molar-refractivity contribution in [2.75, 3.05) is 6.61 Å². The highest BCUT2D eigenvalue weighted by atomic mass is 127. The Morgan fingerprint density at radius 2 is 1.77 bits per heavy atom. The zero-order chi connectivity index (χ0) is 21.2. The van der Waals surface area contributed by atoms with Crippen molar-refractivity contribution in [3.8, 4) is 11.5 Å². The Hall–Kier alpha value is -2.87. The number of carbonyl (C=O) groups excluding carboxylic acids is 1. The van der Waals surface area contributed by atoms with Crippen LogP contribution in [0.5, 0.6) is 11.5 Å². The summed E-state index contributed by atoms with van der Waals surface area (Å²) in [6.07, 6.45) is 2.53. The molecule has 0 saturated carbocycles. The minimum Gasteiger partial charge on any atom is -0.494 e. The van der Waals surface area contributed by atoms with Gasteiger partial charge in [0.15, 0.2) is 0 Å². The monoisotopic (exact) mass is 514 g/mol. The smallest absolute Gasteiger partial charge is 0.271 e. The van der Waals surface area contributed by atoms with E-state index in [1.807, 2.05) is 43.3 Å². The van der Waals surface area contributed by atoms with Gasteiger partial charge in [-0.2, -0.15) is 5.10 Å². The van der Waals surface area contributed by atoms with Crippen LogP contribution in [0.3, 0.4) is 0 Å². The molecule has 0 radical (unpaired) electrons. The number of halogens is 1. The topological polar surface area (TPSA) is 59.9 Å². The second-order valence-corrected chi connectivity index (χ2v) is 7.81. The van der Waals surface area contributed by atoms with Gasteiger partial charge in [-0.3, -0.25) is 4.79 Å². The fourth-order valence-corrected chi connectivity index (χ4v) is 2.94. The third-order valence-corrected chi connectivity index (χ3v) is 4.87. The van der Waals surface area contributed by atoms with E-state index in [0.717, 1.165) is 29.0 Å². The van der Waals surface area contributed by atoms with E-state index >= 15 is 0 Å². The lowest BCUT2D eigenvalue weighted by Crippen LogP contribution is -2.17. The van der Waals surface area contributed by atoms with Crippen molar-refractivity contribution in [1.82, 2.24) is 5.43 Å². The molecule has 0 atom stereocenters. The highest BCUT2D eigenvalue weighted by Crippen LogP contribution is 2.15. The van der Waals surface area contributed by atoms with Crippen LogP contribution in [-0.2, 0) is 6.61 Å². The Kier molecular flexibility index (Phi) is 8.26. The third kappa shape index (κ3) is 6.88. The number of hydrogen-bond acceptors (Lipinski definition) is 4. The predicted octanol–water partition coefficient (Wildman–Crippen LogP) is 5.42. The largest absolute Gasteiger partial charge is 0.494 e. The minimum atomic E-state index is -0.278. The van der Waals surface area contributed by atoms with Crippen LogP contribution in [0.4, 0.5) is 0 Å². The van der Waals surface area contributed by atoms with Crippen molar-refractivity contribution >= 4 is 34.7 Å². The summed E-state index contributed by atoms with van der Waals surface area (Å²) >= 11 is 2.28. The molecule has 5 nitrogen and oxygen atoms in total. The molecule has 0 aliphatic heterocycles. The molecule has 0 spiro atoms. The molecular weight excluding hydrogens is 491 g/mol. The first-order valence-corrected chi connectivity index (χ1v) is 10.8. The molecule has 3 aromatic rings. The second kappa shape index (κ2) is 11.3. The average molecular weight is 514 g/mol. The van der Waals surface area contributed by atoms with Gasteiger partial charge >= 0.3 is 0 Å². The Labute approximate surface area is 190 Å². The maximum Gasteiger partial charge on any atom is 0.271 e. The minimum absolute atomic E-state index is 0.278. The van der Waals surface area contributed by atoms with E-state index in [-0.39, 0.29) is 5.91 Å². The lowest BCUT2D eigenvalue weighted by Gasteiger charge is -2.07. The predicted molar refractivity (Wildman–Crippen MR) is 127 cm³/mol. The normalized spacial score (nSPS) is 10.7. The van der Waals surface area contributed by atoms with Crippen LogP contribution in [0.15, 0.2) is 77.9 Å². The van der Waals surface area contributed by atoms with Crippen molar-refractivity contribution in [2.45, 2.75) is 20.0 Å². The van der Waals surface area contributed by atoms with Gasteiger partial charge in [-0.15, -0.1) is 0 Å². The molecular formula is C24H23IN2O3. The number of hydrazone groups is 1. The van der Waals surface area contributed by atoms with Gasteiger partial charge in [-0.1, -0.05) is 31.2 Å². The van der Waals surface area contributed by atoms with Gasteiger partial charge in [0.05, 0.1) is 12.8 Å². The van der Waals surface area contributed by atoms with Crippen LogP contribution >= 0.6 is 22.6 Å². The number of nitrogens with zero attached hydrogens (tertiary/aromatic N) is 1. The standard InChI is InChI=1S/C24H23IN2O3/c1-2-14-29-22-12-8-20(9-13-22)24(28)27-26-16-19-4-3-5-23(15-19)30-17-18-6-10-21(25)11-7-18/h3-13,15-16H,2,14,17H2,1H3,(H,27,28)/b26-16+. The molecule has 0 unspecified atom stereocenters. The van der Waals surface area contributed by atoms with Crippen molar-refractivity contribution in [3.05, 3.63) is 93.1 Å². The fraction of sp³-hybridized carbons (Fsp3) is 0.167. The number of carbonyl (C=O) groups is 1. The van der Waals surface area contributed by atoms with E-state index in [2.05, 4.69) is 45.3 Å². The Bertz CT molecular complexity index is 986. The summed E-state index contributed by atoms with van der Waals surface area (Å²) in [4.78, 5) is 12.2. The molecule has 0 aliphatic rings. The molecule has 0 heterocycles. The SMILES string of the molecule is CCCOc1ccc(C(=O)N/N=C/c2cccc(OCc3ccc(I)cc3)c2)cc1. The van der Waals surface area contributed by atoms with Crippen LogP contribution in [0.25, 0.3) is 0 Å². The number of benzene rings is 3. The van der Waals surface area contributed by atoms with Gasteiger partial charge in [0.2, 0.25) is 0 Å². The van der Waals surface area contributed by atoms with E-state index in [4.69, 9.17) is 9.47 Å². The Morgan fingerprint density at radius 3 is 2.50 bits per heavy atom. The number of amides is 1. The first-order chi connectivity index (χ1) is 14.6. The average Bonchev–Trinajstić information content (AvgIpc) is 2.78. The van der Waals surface area contributed by atoms with Crippen LogP contribution < -0.4 is 14.9 Å². The second-order valence-electron chi connectivity index (χ2n) is 6.56. The molecule has 0 aromatic heterocycles. The molecule has 1 amide bonds. The lowest BCUT2D eigenvalue weighted by atomic mass is 10.2. The lowest BCUT2D eigenvalue weighted by molar-refractivity contribution is 0.0955. The van der Waals surface area contributed by atoms with Crippen molar-refractivity contribution in [1.29, 1.82) is 0 Å². The molecule has 30 heavy (non-hydrogen) atoms. The maximum atomic E-state index is 12.2. The van der Waals surface area contributed by atoms with Gasteiger partial charge in [-0.05, 0) is 88.7 Å². The van der Waals surface area contributed by atoms with Crippen LogP contribution in [-0.4, -0.2) is 18.7 Å². The molecule has 3 aromatic carbocycles. The molecule has 154 valence electrons. The number of hydrogen-bond donors (Lipinski definition) is 1. The summed E-state index contributed by atoms with van der Waals surface area (Å²) in [5.41, 5.74) is 5.00. The summed E-state index contributed by atoms with van der Waals surface area (Å²) in [6, 6.07) is 22.8. The highest BCUT2D eigenvalue weighted by Gasteiger charge is 2.04. The van der Waals surface area contributed by atoms with Gasteiger partial charge < -0.3 is 9.47 Å². The Balaban J connectivity index is 1.52. The zero-order valence-electron chi connectivity index (χ0n) is 16.7.